The maximum atomic E-state index is 13.5. The van der Waals surface area contributed by atoms with E-state index in [4.69, 9.17) is 10.5 Å². The van der Waals surface area contributed by atoms with Gasteiger partial charge in [-0.25, -0.2) is 4.39 Å². The van der Waals surface area contributed by atoms with Gasteiger partial charge in [-0.2, -0.15) is 0 Å². The second kappa shape index (κ2) is 5.88. The molecule has 0 amide bonds. The van der Waals surface area contributed by atoms with E-state index in [0.717, 1.165) is 24.3 Å². The molecule has 1 heterocycles. The monoisotopic (exact) mass is 266 g/mol. The zero-order chi connectivity index (χ0) is 14.0. The van der Waals surface area contributed by atoms with Crippen LogP contribution in [-0.2, 0) is 0 Å². The summed E-state index contributed by atoms with van der Waals surface area (Å²) in [6.07, 6.45) is 0.0506. The summed E-state index contributed by atoms with van der Waals surface area (Å²) in [5.41, 5.74) is 7.55. The van der Waals surface area contributed by atoms with Gasteiger partial charge in [0.05, 0.1) is 7.11 Å². The molecule has 0 saturated carbocycles. The van der Waals surface area contributed by atoms with E-state index in [-0.39, 0.29) is 6.04 Å². The van der Waals surface area contributed by atoms with Crippen molar-refractivity contribution in [2.24, 2.45) is 11.7 Å². The van der Waals surface area contributed by atoms with E-state index in [2.05, 4.69) is 11.9 Å². The zero-order valence-electron chi connectivity index (χ0n) is 11.9. The van der Waals surface area contributed by atoms with Crippen molar-refractivity contribution in [3.05, 3.63) is 29.3 Å². The van der Waals surface area contributed by atoms with Crippen molar-refractivity contribution in [3.63, 3.8) is 0 Å². The number of hydrogen-bond acceptors (Lipinski definition) is 3. The van der Waals surface area contributed by atoms with E-state index in [0.29, 0.717) is 18.0 Å². The molecule has 0 aliphatic carbocycles. The Bertz CT molecular complexity index is 436. The number of alkyl halides is 1. The molecule has 0 spiro atoms. The van der Waals surface area contributed by atoms with Crippen LogP contribution in [0.25, 0.3) is 0 Å². The van der Waals surface area contributed by atoms with Crippen LogP contribution in [0.1, 0.15) is 36.7 Å². The van der Waals surface area contributed by atoms with Gasteiger partial charge in [-0.05, 0) is 50.6 Å². The summed E-state index contributed by atoms with van der Waals surface area (Å²) in [5.74, 6) is 1.34. The minimum atomic E-state index is -0.957. The van der Waals surface area contributed by atoms with Crippen LogP contribution in [0.4, 0.5) is 4.39 Å². The Morgan fingerprint density at radius 2 is 2.26 bits per heavy atom. The van der Waals surface area contributed by atoms with Gasteiger partial charge in [0, 0.05) is 18.2 Å². The van der Waals surface area contributed by atoms with E-state index < -0.39 is 6.17 Å². The first-order valence-electron chi connectivity index (χ1n) is 6.79. The molecular formula is C15H23FN2O. The Morgan fingerprint density at radius 1 is 1.53 bits per heavy atom. The third-order valence-corrected chi connectivity index (χ3v) is 4.04. The first-order chi connectivity index (χ1) is 9.06. The van der Waals surface area contributed by atoms with Gasteiger partial charge in [0.15, 0.2) is 0 Å². The lowest BCUT2D eigenvalue weighted by atomic mass is 9.96. The molecule has 3 atom stereocenters. The maximum absolute atomic E-state index is 13.5. The molecule has 1 aromatic carbocycles. The highest BCUT2D eigenvalue weighted by Crippen LogP contribution is 2.39. The number of halogens is 1. The van der Waals surface area contributed by atoms with Crippen LogP contribution < -0.4 is 10.5 Å². The molecule has 106 valence electrons. The number of methoxy groups -OCH3 is 1. The SMILES string of the molecule is COc1ccc(C(C)F)cc1C1CC(CN)CN1C. The molecule has 1 aromatic rings. The van der Waals surface area contributed by atoms with E-state index >= 15 is 0 Å². The van der Waals surface area contributed by atoms with Crippen molar-refractivity contribution in [1.82, 2.24) is 4.90 Å². The van der Waals surface area contributed by atoms with Gasteiger partial charge in [0.1, 0.15) is 11.9 Å². The predicted octanol–water partition coefficient (Wildman–Crippen LogP) is 2.68. The van der Waals surface area contributed by atoms with E-state index in [1.807, 2.05) is 12.1 Å². The second-order valence-electron chi connectivity index (χ2n) is 5.41. The molecule has 0 radical (unpaired) electrons. The lowest BCUT2D eigenvalue weighted by molar-refractivity contribution is 0.301. The largest absolute Gasteiger partial charge is 0.496 e. The van der Waals surface area contributed by atoms with Crippen LogP contribution in [-0.4, -0.2) is 32.1 Å². The molecule has 1 aliphatic rings. The van der Waals surface area contributed by atoms with Crippen LogP contribution in [0, 0.1) is 5.92 Å². The van der Waals surface area contributed by atoms with Gasteiger partial charge in [-0.15, -0.1) is 0 Å². The quantitative estimate of drug-likeness (QED) is 0.910. The van der Waals surface area contributed by atoms with Crippen molar-refractivity contribution in [3.8, 4) is 5.75 Å². The van der Waals surface area contributed by atoms with Crippen molar-refractivity contribution < 1.29 is 9.13 Å². The molecular weight excluding hydrogens is 243 g/mol. The molecule has 19 heavy (non-hydrogen) atoms. The molecule has 3 nitrogen and oxygen atoms in total. The molecule has 1 aliphatic heterocycles. The fourth-order valence-corrected chi connectivity index (χ4v) is 2.90. The maximum Gasteiger partial charge on any atom is 0.123 e. The van der Waals surface area contributed by atoms with Crippen molar-refractivity contribution in [2.45, 2.75) is 25.6 Å². The van der Waals surface area contributed by atoms with Gasteiger partial charge in [-0.1, -0.05) is 6.07 Å². The fraction of sp³-hybridized carbons (Fsp3) is 0.600. The molecule has 1 saturated heterocycles. The highest BCUT2D eigenvalue weighted by molar-refractivity contribution is 5.40. The van der Waals surface area contributed by atoms with Crippen molar-refractivity contribution in [1.29, 1.82) is 0 Å². The lowest BCUT2D eigenvalue weighted by Gasteiger charge is -2.22. The van der Waals surface area contributed by atoms with Gasteiger partial charge in [0.2, 0.25) is 0 Å². The van der Waals surface area contributed by atoms with Crippen molar-refractivity contribution >= 4 is 0 Å². The van der Waals surface area contributed by atoms with Crippen LogP contribution >= 0.6 is 0 Å². The summed E-state index contributed by atoms with van der Waals surface area (Å²) < 4.78 is 18.9. The van der Waals surface area contributed by atoms with Gasteiger partial charge < -0.3 is 10.5 Å². The van der Waals surface area contributed by atoms with Crippen LogP contribution in [0.15, 0.2) is 18.2 Å². The Balaban J connectivity index is 2.34. The summed E-state index contributed by atoms with van der Waals surface area (Å²) in [6, 6.07) is 5.86. The second-order valence-corrected chi connectivity index (χ2v) is 5.41. The first kappa shape index (κ1) is 14.3. The molecule has 0 bridgehead atoms. The number of benzene rings is 1. The zero-order valence-corrected chi connectivity index (χ0v) is 11.9. The Kier molecular flexibility index (Phi) is 4.42. The topological polar surface area (TPSA) is 38.5 Å². The third-order valence-electron chi connectivity index (χ3n) is 4.04. The highest BCUT2D eigenvalue weighted by Gasteiger charge is 2.31. The molecule has 0 aromatic heterocycles. The van der Waals surface area contributed by atoms with Gasteiger partial charge in [-0.3, -0.25) is 4.90 Å². The number of likely N-dealkylation sites (tertiary alicyclic amines) is 1. The average molecular weight is 266 g/mol. The Morgan fingerprint density at radius 3 is 2.79 bits per heavy atom. The molecule has 3 unspecified atom stereocenters. The third kappa shape index (κ3) is 2.90. The number of rotatable bonds is 4. The number of hydrogen-bond donors (Lipinski definition) is 1. The minimum Gasteiger partial charge on any atom is -0.496 e. The Hall–Kier alpha value is -1.13. The number of nitrogens with two attached hydrogens (primary N) is 1. The average Bonchev–Trinajstić information content (AvgIpc) is 2.79. The molecule has 1 fully saturated rings. The first-order valence-corrected chi connectivity index (χ1v) is 6.79. The van der Waals surface area contributed by atoms with Gasteiger partial charge >= 0.3 is 0 Å². The van der Waals surface area contributed by atoms with Crippen LogP contribution in [0.3, 0.4) is 0 Å². The summed E-state index contributed by atoms with van der Waals surface area (Å²) in [4.78, 5) is 2.28. The molecule has 2 rings (SSSR count). The van der Waals surface area contributed by atoms with E-state index in [1.165, 1.54) is 0 Å². The fourth-order valence-electron chi connectivity index (χ4n) is 2.90. The molecule has 2 N–H and O–H groups in total. The van der Waals surface area contributed by atoms with Crippen LogP contribution in [0.5, 0.6) is 5.75 Å². The highest BCUT2D eigenvalue weighted by atomic mass is 19.1. The van der Waals surface area contributed by atoms with E-state index in [1.54, 1.807) is 20.1 Å². The number of nitrogens with zero attached hydrogens (tertiary/aromatic N) is 1. The Labute approximate surface area is 114 Å². The van der Waals surface area contributed by atoms with Crippen LogP contribution in [0.2, 0.25) is 0 Å². The summed E-state index contributed by atoms with van der Waals surface area (Å²) in [6.45, 7) is 3.24. The lowest BCUT2D eigenvalue weighted by Crippen LogP contribution is -2.21. The standard InChI is InChI=1S/C15H23FN2O/c1-10(16)12-4-5-15(19-3)13(7-12)14-6-11(8-17)9-18(14)2/h4-5,7,10-11,14H,6,8-9,17H2,1-3H3. The smallest absolute Gasteiger partial charge is 0.123 e. The van der Waals surface area contributed by atoms with Gasteiger partial charge in [0.25, 0.3) is 0 Å². The van der Waals surface area contributed by atoms with Crippen molar-refractivity contribution in [2.75, 3.05) is 27.2 Å². The molecule has 4 heteroatoms. The minimum absolute atomic E-state index is 0.266. The number of ether oxygens (including phenoxy) is 1. The summed E-state index contributed by atoms with van der Waals surface area (Å²) in [5, 5.41) is 0. The predicted molar refractivity (Wildman–Crippen MR) is 75.0 cm³/mol. The summed E-state index contributed by atoms with van der Waals surface area (Å²) in [7, 11) is 3.75. The van der Waals surface area contributed by atoms with E-state index in [9.17, 15) is 4.39 Å². The normalized spacial score (nSPS) is 25.5. The summed E-state index contributed by atoms with van der Waals surface area (Å²) >= 11 is 0.